The summed E-state index contributed by atoms with van der Waals surface area (Å²) in [5.74, 6) is 0. The third kappa shape index (κ3) is 2.29. The molecule has 3 rings (SSSR count). The first kappa shape index (κ1) is 12.0. The lowest BCUT2D eigenvalue weighted by Gasteiger charge is -2.14. The van der Waals surface area contributed by atoms with Gasteiger partial charge in [-0.3, -0.25) is 14.3 Å². The van der Waals surface area contributed by atoms with E-state index in [-0.39, 0.29) is 11.6 Å². The first-order chi connectivity index (χ1) is 9.25. The lowest BCUT2D eigenvalue weighted by atomic mass is 10.1. The number of thiophene rings is 1. The molecule has 3 aromatic rings. The van der Waals surface area contributed by atoms with Crippen molar-refractivity contribution in [1.29, 1.82) is 0 Å². The first-order valence-corrected chi connectivity index (χ1v) is 7.02. The van der Waals surface area contributed by atoms with E-state index in [2.05, 4.69) is 21.4 Å². The van der Waals surface area contributed by atoms with Crippen LogP contribution in [0.1, 0.15) is 18.5 Å². The fraction of sp³-hybridized carbons (Fsp3) is 0.214. The maximum Gasteiger partial charge on any atom is 0.263 e. The van der Waals surface area contributed by atoms with E-state index in [1.165, 1.54) is 5.56 Å². The molecular formula is C14H13N3OS. The molecule has 0 bridgehead atoms. The Morgan fingerprint density at radius 3 is 3.11 bits per heavy atom. The SMILES string of the molecule is CC(Cc1ccsc1)n1cnc2ccncc2c1=O. The average Bonchev–Trinajstić information content (AvgIpc) is 2.92. The zero-order chi connectivity index (χ0) is 13.2. The molecule has 1 unspecified atom stereocenters. The number of hydrogen-bond donors (Lipinski definition) is 0. The number of aromatic nitrogens is 3. The van der Waals surface area contributed by atoms with E-state index >= 15 is 0 Å². The molecule has 5 heteroatoms. The molecule has 96 valence electrons. The number of hydrogen-bond acceptors (Lipinski definition) is 4. The second-order valence-electron chi connectivity index (χ2n) is 4.53. The molecule has 19 heavy (non-hydrogen) atoms. The molecule has 0 radical (unpaired) electrons. The van der Waals surface area contributed by atoms with E-state index < -0.39 is 0 Å². The standard InChI is InChI=1S/C14H13N3OS/c1-10(6-11-3-5-19-8-11)17-9-16-13-2-4-15-7-12(13)14(17)18/h2-5,7-10H,6H2,1H3. The smallest absolute Gasteiger partial charge is 0.263 e. The van der Waals surface area contributed by atoms with Gasteiger partial charge in [-0.2, -0.15) is 11.3 Å². The molecule has 0 aliphatic carbocycles. The van der Waals surface area contributed by atoms with Crippen molar-refractivity contribution in [2.75, 3.05) is 0 Å². The Bertz CT molecular complexity index is 749. The second-order valence-corrected chi connectivity index (χ2v) is 5.31. The van der Waals surface area contributed by atoms with Gasteiger partial charge >= 0.3 is 0 Å². The van der Waals surface area contributed by atoms with Gasteiger partial charge in [0.25, 0.3) is 5.56 Å². The van der Waals surface area contributed by atoms with Gasteiger partial charge in [-0.15, -0.1) is 0 Å². The van der Waals surface area contributed by atoms with E-state index in [1.54, 1.807) is 40.7 Å². The molecule has 1 atom stereocenters. The lowest BCUT2D eigenvalue weighted by Crippen LogP contribution is -2.24. The fourth-order valence-corrected chi connectivity index (χ4v) is 2.82. The molecule has 0 saturated carbocycles. The summed E-state index contributed by atoms with van der Waals surface area (Å²) in [6, 6.07) is 3.92. The van der Waals surface area contributed by atoms with E-state index in [4.69, 9.17) is 0 Å². The minimum absolute atomic E-state index is 0.0270. The molecular weight excluding hydrogens is 258 g/mol. The minimum atomic E-state index is -0.0270. The van der Waals surface area contributed by atoms with Crippen molar-refractivity contribution in [2.45, 2.75) is 19.4 Å². The highest BCUT2D eigenvalue weighted by molar-refractivity contribution is 7.07. The summed E-state index contributed by atoms with van der Waals surface area (Å²) in [6.07, 6.45) is 5.69. The van der Waals surface area contributed by atoms with Crippen molar-refractivity contribution in [2.24, 2.45) is 0 Å². The van der Waals surface area contributed by atoms with Crippen LogP contribution >= 0.6 is 11.3 Å². The van der Waals surface area contributed by atoms with Crippen molar-refractivity contribution in [3.63, 3.8) is 0 Å². The minimum Gasteiger partial charge on any atom is -0.296 e. The number of pyridine rings is 1. The first-order valence-electron chi connectivity index (χ1n) is 6.07. The fourth-order valence-electron chi connectivity index (χ4n) is 2.14. The third-order valence-corrected chi connectivity index (χ3v) is 3.90. The molecule has 0 aliphatic heterocycles. The molecule has 0 aliphatic rings. The van der Waals surface area contributed by atoms with Gasteiger partial charge in [0.1, 0.15) is 0 Å². The molecule has 0 saturated heterocycles. The largest absolute Gasteiger partial charge is 0.296 e. The van der Waals surface area contributed by atoms with Crippen LogP contribution < -0.4 is 5.56 Å². The van der Waals surface area contributed by atoms with E-state index in [0.29, 0.717) is 10.9 Å². The Morgan fingerprint density at radius 2 is 2.32 bits per heavy atom. The maximum atomic E-state index is 12.4. The monoisotopic (exact) mass is 271 g/mol. The van der Waals surface area contributed by atoms with Gasteiger partial charge in [-0.05, 0) is 41.8 Å². The van der Waals surface area contributed by atoms with Crippen LogP contribution in [-0.2, 0) is 6.42 Å². The van der Waals surface area contributed by atoms with Crippen LogP contribution in [0.2, 0.25) is 0 Å². The van der Waals surface area contributed by atoms with Gasteiger partial charge in [0, 0.05) is 18.4 Å². The molecule has 3 heterocycles. The summed E-state index contributed by atoms with van der Waals surface area (Å²) in [4.78, 5) is 20.7. The summed E-state index contributed by atoms with van der Waals surface area (Å²) in [5, 5.41) is 4.73. The maximum absolute atomic E-state index is 12.4. The van der Waals surface area contributed by atoms with Crippen molar-refractivity contribution in [3.8, 4) is 0 Å². The van der Waals surface area contributed by atoms with Crippen LogP contribution in [0.5, 0.6) is 0 Å². The van der Waals surface area contributed by atoms with E-state index in [1.807, 2.05) is 12.3 Å². The summed E-state index contributed by atoms with van der Waals surface area (Å²) in [6.45, 7) is 2.03. The van der Waals surface area contributed by atoms with Crippen LogP contribution in [0.25, 0.3) is 10.9 Å². The highest BCUT2D eigenvalue weighted by atomic mass is 32.1. The van der Waals surface area contributed by atoms with Gasteiger partial charge in [0.15, 0.2) is 0 Å². The zero-order valence-corrected chi connectivity index (χ0v) is 11.3. The van der Waals surface area contributed by atoms with Crippen LogP contribution in [0, 0.1) is 0 Å². The predicted octanol–water partition coefficient (Wildman–Crippen LogP) is 2.66. The third-order valence-electron chi connectivity index (χ3n) is 3.17. The molecule has 0 amide bonds. The van der Waals surface area contributed by atoms with Crippen LogP contribution in [0.4, 0.5) is 0 Å². The van der Waals surface area contributed by atoms with Crippen LogP contribution in [0.15, 0.2) is 46.4 Å². The van der Waals surface area contributed by atoms with Gasteiger partial charge < -0.3 is 0 Å². The average molecular weight is 271 g/mol. The molecule has 0 aromatic carbocycles. The Labute approximate surface area is 114 Å². The summed E-state index contributed by atoms with van der Waals surface area (Å²) in [5.41, 5.74) is 1.91. The van der Waals surface area contributed by atoms with Gasteiger partial charge in [-0.25, -0.2) is 4.98 Å². The molecule has 0 N–H and O–H groups in total. The van der Waals surface area contributed by atoms with Crippen molar-refractivity contribution >= 4 is 22.2 Å². The summed E-state index contributed by atoms with van der Waals surface area (Å²) < 4.78 is 1.68. The Balaban J connectivity index is 2.01. The summed E-state index contributed by atoms with van der Waals surface area (Å²) in [7, 11) is 0. The topological polar surface area (TPSA) is 47.8 Å². The van der Waals surface area contributed by atoms with Gasteiger partial charge in [0.2, 0.25) is 0 Å². The van der Waals surface area contributed by atoms with E-state index in [9.17, 15) is 4.79 Å². The van der Waals surface area contributed by atoms with Crippen molar-refractivity contribution in [1.82, 2.24) is 14.5 Å². The van der Waals surface area contributed by atoms with E-state index in [0.717, 1.165) is 6.42 Å². The Morgan fingerprint density at radius 1 is 1.42 bits per heavy atom. The highest BCUT2D eigenvalue weighted by Gasteiger charge is 2.11. The highest BCUT2D eigenvalue weighted by Crippen LogP contribution is 2.15. The number of nitrogens with zero attached hydrogens (tertiary/aromatic N) is 3. The van der Waals surface area contributed by atoms with Crippen molar-refractivity contribution < 1.29 is 0 Å². The molecule has 3 aromatic heterocycles. The second kappa shape index (κ2) is 4.93. The number of fused-ring (bicyclic) bond motifs is 1. The Hall–Kier alpha value is -2.01. The number of rotatable bonds is 3. The molecule has 0 fully saturated rings. The van der Waals surface area contributed by atoms with Crippen LogP contribution in [0.3, 0.4) is 0 Å². The normalized spacial score (nSPS) is 12.7. The lowest BCUT2D eigenvalue weighted by molar-refractivity contribution is 0.524. The predicted molar refractivity (Wildman–Crippen MR) is 76.5 cm³/mol. The summed E-state index contributed by atoms with van der Waals surface area (Å²) >= 11 is 1.67. The van der Waals surface area contributed by atoms with Crippen molar-refractivity contribution in [3.05, 3.63) is 57.5 Å². The quantitative estimate of drug-likeness (QED) is 0.735. The van der Waals surface area contributed by atoms with Crippen LogP contribution in [-0.4, -0.2) is 14.5 Å². The van der Waals surface area contributed by atoms with Gasteiger partial charge in [0.05, 0.1) is 17.2 Å². The zero-order valence-electron chi connectivity index (χ0n) is 10.5. The molecule has 4 nitrogen and oxygen atoms in total. The van der Waals surface area contributed by atoms with Gasteiger partial charge in [-0.1, -0.05) is 0 Å². The Kier molecular flexibility index (Phi) is 3.13. The molecule has 0 spiro atoms.